The highest BCUT2D eigenvalue weighted by molar-refractivity contribution is 5.95. The molecule has 2 atom stereocenters. The number of aliphatic imine (C=N–C) groups is 1. The van der Waals surface area contributed by atoms with Crippen molar-refractivity contribution in [3.8, 4) is 11.5 Å². The van der Waals surface area contributed by atoms with Crippen molar-refractivity contribution in [3.63, 3.8) is 0 Å². The maximum absolute atomic E-state index is 12.3. The fourth-order valence-electron chi connectivity index (χ4n) is 3.60. The number of para-hydroxylation sites is 2. The van der Waals surface area contributed by atoms with E-state index in [2.05, 4.69) is 29.3 Å². The summed E-state index contributed by atoms with van der Waals surface area (Å²) in [7, 11) is 5.03. The molecule has 162 valence electrons. The van der Waals surface area contributed by atoms with Crippen LogP contribution in [0.25, 0.3) is 0 Å². The van der Waals surface area contributed by atoms with Crippen LogP contribution in [0.1, 0.15) is 43.0 Å². The number of amides is 1. The SMILES string of the molecule is C=Nc1ccccc1NC.COc1cc(OC)cc(C(=O)NC2CCCC(C)C2)c1. The normalized spacial score (nSPS) is 17.7. The van der Waals surface area contributed by atoms with E-state index in [1.54, 1.807) is 32.4 Å². The zero-order valence-electron chi connectivity index (χ0n) is 18.4. The maximum atomic E-state index is 12.3. The van der Waals surface area contributed by atoms with Gasteiger partial charge in [-0.25, -0.2) is 0 Å². The molecule has 6 heteroatoms. The molecule has 0 aromatic heterocycles. The van der Waals surface area contributed by atoms with Crippen LogP contribution in [0.15, 0.2) is 47.5 Å². The largest absolute Gasteiger partial charge is 0.497 e. The van der Waals surface area contributed by atoms with Gasteiger partial charge in [-0.3, -0.25) is 9.79 Å². The van der Waals surface area contributed by atoms with E-state index in [1.165, 1.54) is 12.8 Å². The Morgan fingerprint density at radius 1 is 1.10 bits per heavy atom. The van der Waals surface area contributed by atoms with Gasteiger partial charge < -0.3 is 20.1 Å². The summed E-state index contributed by atoms with van der Waals surface area (Å²) in [5.74, 6) is 1.90. The molecule has 6 nitrogen and oxygen atoms in total. The molecule has 1 saturated carbocycles. The summed E-state index contributed by atoms with van der Waals surface area (Å²) in [5, 5.41) is 6.13. The lowest BCUT2D eigenvalue weighted by molar-refractivity contribution is 0.0920. The molecule has 0 aliphatic heterocycles. The minimum Gasteiger partial charge on any atom is -0.497 e. The van der Waals surface area contributed by atoms with Crippen LogP contribution in [0.5, 0.6) is 11.5 Å². The minimum atomic E-state index is -0.0544. The first-order chi connectivity index (χ1) is 14.5. The fraction of sp³-hybridized carbons (Fsp3) is 0.417. The lowest BCUT2D eigenvalue weighted by Crippen LogP contribution is -2.37. The van der Waals surface area contributed by atoms with Gasteiger partial charge in [-0.1, -0.05) is 31.9 Å². The van der Waals surface area contributed by atoms with Gasteiger partial charge >= 0.3 is 0 Å². The van der Waals surface area contributed by atoms with E-state index in [0.29, 0.717) is 23.0 Å². The molecule has 1 amide bonds. The van der Waals surface area contributed by atoms with E-state index in [-0.39, 0.29) is 11.9 Å². The highest BCUT2D eigenvalue weighted by atomic mass is 16.5. The Morgan fingerprint density at radius 2 is 1.77 bits per heavy atom. The second kappa shape index (κ2) is 11.9. The highest BCUT2D eigenvalue weighted by Crippen LogP contribution is 2.26. The molecule has 2 unspecified atom stereocenters. The first-order valence-electron chi connectivity index (χ1n) is 10.3. The number of hydrogen-bond acceptors (Lipinski definition) is 5. The number of nitrogens with zero attached hydrogens (tertiary/aromatic N) is 1. The Morgan fingerprint density at radius 3 is 2.30 bits per heavy atom. The Bertz CT molecular complexity index is 816. The predicted octanol–water partition coefficient (Wildman–Crippen LogP) is 5.07. The summed E-state index contributed by atoms with van der Waals surface area (Å²) >= 11 is 0. The molecule has 0 spiro atoms. The fourth-order valence-corrected chi connectivity index (χ4v) is 3.60. The average molecular weight is 412 g/mol. The Kier molecular flexibility index (Phi) is 9.19. The van der Waals surface area contributed by atoms with Gasteiger partial charge in [-0.05, 0) is 49.7 Å². The van der Waals surface area contributed by atoms with Crippen molar-refractivity contribution in [2.24, 2.45) is 10.9 Å². The third kappa shape index (κ3) is 6.79. The number of rotatable bonds is 6. The van der Waals surface area contributed by atoms with Gasteiger partial charge in [0.1, 0.15) is 11.5 Å². The Balaban J connectivity index is 0.000000269. The lowest BCUT2D eigenvalue weighted by Gasteiger charge is -2.27. The van der Waals surface area contributed by atoms with E-state index in [4.69, 9.17) is 9.47 Å². The Labute approximate surface area is 179 Å². The molecular formula is C24H33N3O3. The maximum Gasteiger partial charge on any atom is 0.251 e. The number of ether oxygens (including phenoxy) is 2. The number of benzene rings is 2. The molecule has 0 saturated heterocycles. The number of methoxy groups -OCH3 is 2. The summed E-state index contributed by atoms with van der Waals surface area (Å²) in [5.41, 5.74) is 2.49. The number of anilines is 1. The van der Waals surface area contributed by atoms with Gasteiger partial charge in [0, 0.05) is 24.7 Å². The van der Waals surface area contributed by atoms with Gasteiger partial charge in [0.2, 0.25) is 0 Å². The number of hydrogen-bond donors (Lipinski definition) is 2. The van der Waals surface area contributed by atoms with Gasteiger partial charge in [0.05, 0.1) is 25.6 Å². The summed E-state index contributed by atoms with van der Waals surface area (Å²) in [4.78, 5) is 16.2. The molecule has 0 bridgehead atoms. The standard InChI is InChI=1S/C16H23NO3.C8H10N2/c1-11-5-4-6-13(7-11)17-16(18)12-8-14(19-2)10-15(9-12)20-3;1-9-7-5-3-4-6-8(7)10-2/h8-11,13H,4-7H2,1-3H3,(H,17,18);3-6,10H,1H2,2H3. The van der Waals surface area contributed by atoms with Crippen molar-refractivity contribution in [1.29, 1.82) is 0 Å². The molecule has 3 rings (SSSR count). The van der Waals surface area contributed by atoms with Crippen LogP contribution in [0.3, 0.4) is 0 Å². The molecule has 2 aromatic carbocycles. The zero-order valence-corrected chi connectivity index (χ0v) is 18.4. The molecule has 1 aliphatic carbocycles. The van der Waals surface area contributed by atoms with E-state index in [0.717, 1.165) is 24.2 Å². The van der Waals surface area contributed by atoms with Crippen molar-refractivity contribution >= 4 is 24.0 Å². The van der Waals surface area contributed by atoms with Gasteiger partial charge in [-0.15, -0.1) is 0 Å². The lowest BCUT2D eigenvalue weighted by atomic mass is 9.87. The van der Waals surface area contributed by atoms with E-state index < -0.39 is 0 Å². The van der Waals surface area contributed by atoms with Crippen LogP contribution in [-0.2, 0) is 0 Å². The second-order valence-corrected chi connectivity index (χ2v) is 7.47. The third-order valence-electron chi connectivity index (χ3n) is 5.23. The predicted molar refractivity (Wildman–Crippen MR) is 124 cm³/mol. The molecule has 0 heterocycles. The van der Waals surface area contributed by atoms with E-state index in [9.17, 15) is 4.79 Å². The summed E-state index contributed by atoms with van der Waals surface area (Å²) in [6, 6.07) is 13.3. The average Bonchev–Trinajstić information content (AvgIpc) is 2.78. The topological polar surface area (TPSA) is 72.0 Å². The first kappa shape index (κ1) is 23.3. The van der Waals surface area contributed by atoms with E-state index in [1.807, 2.05) is 31.3 Å². The van der Waals surface area contributed by atoms with Gasteiger partial charge in [0.25, 0.3) is 5.91 Å². The molecule has 1 fully saturated rings. The number of carbonyl (C=O) groups is 1. The highest BCUT2D eigenvalue weighted by Gasteiger charge is 2.21. The quantitative estimate of drug-likeness (QED) is 0.651. The van der Waals surface area contributed by atoms with Crippen LogP contribution >= 0.6 is 0 Å². The van der Waals surface area contributed by atoms with Crippen molar-refractivity contribution in [1.82, 2.24) is 5.32 Å². The van der Waals surface area contributed by atoms with Crippen LogP contribution < -0.4 is 20.1 Å². The van der Waals surface area contributed by atoms with Crippen LogP contribution in [0, 0.1) is 5.92 Å². The van der Waals surface area contributed by atoms with Crippen molar-refractivity contribution in [2.45, 2.75) is 38.6 Å². The number of nitrogens with one attached hydrogen (secondary N) is 2. The van der Waals surface area contributed by atoms with Gasteiger partial charge in [0.15, 0.2) is 0 Å². The van der Waals surface area contributed by atoms with Crippen LogP contribution in [0.2, 0.25) is 0 Å². The van der Waals surface area contributed by atoms with Crippen LogP contribution in [-0.4, -0.2) is 39.9 Å². The van der Waals surface area contributed by atoms with Crippen molar-refractivity contribution in [3.05, 3.63) is 48.0 Å². The van der Waals surface area contributed by atoms with Crippen molar-refractivity contribution in [2.75, 3.05) is 26.6 Å². The molecule has 2 N–H and O–H groups in total. The molecule has 0 radical (unpaired) electrons. The minimum absolute atomic E-state index is 0.0544. The van der Waals surface area contributed by atoms with E-state index >= 15 is 0 Å². The monoisotopic (exact) mass is 411 g/mol. The number of carbonyl (C=O) groups excluding carboxylic acids is 1. The Hall–Kier alpha value is -3.02. The third-order valence-corrected chi connectivity index (χ3v) is 5.23. The van der Waals surface area contributed by atoms with Crippen LogP contribution in [0.4, 0.5) is 11.4 Å². The molecule has 1 aliphatic rings. The first-order valence-corrected chi connectivity index (χ1v) is 10.3. The molecular weight excluding hydrogens is 378 g/mol. The van der Waals surface area contributed by atoms with Gasteiger partial charge in [-0.2, -0.15) is 0 Å². The summed E-state index contributed by atoms with van der Waals surface area (Å²) in [6.45, 7) is 5.69. The zero-order chi connectivity index (χ0) is 21.9. The molecule has 30 heavy (non-hydrogen) atoms. The van der Waals surface area contributed by atoms with Crippen molar-refractivity contribution < 1.29 is 14.3 Å². The molecule has 2 aromatic rings. The second-order valence-electron chi connectivity index (χ2n) is 7.47. The summed E-state index contributed by atoms with van der Waals surface area (Å²) in [6.07, 6.45) is 4.58. The smallest absolute Gasteiger partial charge is 0.251 e. The summed E-state index contributed by atoms with van der Waals surface area (Å²) < 4.78 is 10.4.